The molecule has 2 saturated heterocycles. The van der Waals surface area contributed by atoms with E-state index in [-0.39, 0.29) is 0 Å². The molecule has 0 aromatic rings. The summed E-state index contributed by atoms with van der Waals surface area (Å²) in [5.74, 6) is 0.626. The third kappa shape index (κ3) is 4.11. The second-order valence-corrected chi connectivity index (χ2v) is 8.65. The minimum Gasteiger partial charge on any atom is -0.381 e. The molecular formula is C21H34N2O2. The van der Waals surface area contributed by atoms with Crippen LogP contribution in [0.15, 0.2) is 11.6 Å². The van der Waals surface area contributed by atoms with Gasteiger partial charge in [0.05, 0.1) is 0 Å². The van der Waals surface area contributed by atoms with Gasteiger partial charge in [0.25, 0.3) is 0 Å². The molecule has 4 heteroatoms. The summed E-state index contributed by atoms with van der Waals surface area (Å²) in [7, 11) is 0. The topological polar surface area (TPSA) is 41.6 Å². The van der Waals surface area contributed by atoms with E-state index in [9.17, 15) is 4.79 Å². The molecule has 25 heavy (non-hydrogen) atoms. The first-order valence-electron chi connectivity index (χ1n) is 10.5. The van der Waals surface area contributed by atoms with Crippen LogP contribution >= 0.6 is 0 Å². The number of piperidine rings is 1. The fraction of sp³-hybridized carbons (Fsp3) is 0.857. The Morgan fingerprint density at radius 1 is 1.24 bits per heavy atom. The van der Waals surface area contributed by atoms with Gasteiger partial charge in [0, 0.05) is 31.7 Å². The Kier molecular flexibility index (Phi) is 5.47. The molecule has 0 aromatic carbocycles. The van der Waals surface area contributed by atoms with Crippen molar-refractivity contribution in [1.82, 2.24) is 10.2 Å². The number of amides is 1. The summed E-state index contributed by atoms with van der Waals surface area (Å²) in [6.45, 7) is 5.05. The maximum atomic E-state index is 12.5. The number of ether oxygens (including phenoxy) is 1. The molecule has 4 aliphatic rings. The summed E-state index contributed by atoms with van der Waals surface area (Å²) in [5.41, 5.74) is 1.90. The number of nitrogens with one attached hydrogen (secondary N) is 1. The molecule has 0 radical (unpaired) electrons. The highest BCUT2D eigenvalue weighted by Gasteiger charge is 2.58. The SMILES string of the molecule is O=C(NCCC1=CCCCC1)C1CC12CCN(C1CCOCC1)CC2. The lowest BCUT2D eigenvalue weighted by Crippen LogP contribution is -2.45. The second kappa shape index (κ2) is 7.79. The van der Waals surface area contributed by atoms with Crippen LogP contribution in [-0.4, -0.2) is 49.7 Å². The number of nitrogens with zero attached hydrogens (tertiary/aromatic N) is 1. The second-order valence-electron chi connectivity index (χ2n) is 8.65. The van der Waals surface area contributed by atoms with Gasteiger partial charge >= 0.3 is 0 Å². The zero-order valence-electron chi connectivity index (χ0n) is 15.6. The number of allylic oxidation sites excluding steroid dienone is 1. The van der Waals surface area contributed by atoms with Crippen LogP contribution in [0.5, 0.6) is 0 Å². The predicted octanol–water partition coefficient (Wildman–Crippen LogP) is 3.27. The first kappa shape index (κ1) is 17.5. The average Bonchev–Trinajstić information content (AvgIpc) is 3.37. The van der Waals surface area contributed by atoms with Crippen molar-refractivity contribution in [1.29, 1.82) is 0 Å². The molecule has 0 bridgehead atoms. The molecule has 1 atom stereocenters. The Hall–Kier alpha value is -0.870. The monoisotopic (exact) mass is 346 g/mol. The first-order valence-corrected chi connectivity index (χ1v) is 10.5. The quantitative estimate of drug-likeness (QED) is 0.777. The highest BCUT2D eigenvalue weighted by atomic mass is 16.5. The van der Waals surface area contributed by atoms with E-state index in [1.807, 2.05) is 0 Å². The lowest BCUT2D eigenvalue weighted by atomic mass is 9.89. The van der Waals surface area contributed by atoms with E-state index < -0.39 is 0 Å². The Bertz CT molecular complexity index is 502. The molecule has 1 unspecified atom stereocenters. The van der Waals surface area contributed by atoms with Crippen LogP contribution < -0.4 is 5.32 Å². The van der Waals surface area contributed by atoms with Crippen LogP contribution in [-0.2, 0) is 9.53 Å². The zero-order valence-corrected chi connectivity index (χ0v) is 15.6. The van der Waals surface area contributed by atoms with Crippen LogP contribution in [0.3, 0.4) is 0 Å². The van der Waals surface area contributed by atoms with Crippen molar-refractivity contribution in [3.8, 4) is 0 Å². The number of likely N-dealkylation sites (tertiary alicyclic amines) is 1. The molecule has 2 aliphatic carbocycles. The predicted molar refractivity (Wildman–Crippen MR) is 99.4 cm³/mol. The summed E-state index contributed by atoms with van der Waals surface area (Å²) in [5, 5.41) is 3.23. The highest BCUT2D eigenvalue weighted by Crippen LogP contribution is 2.59. The van der Waals surface area contributed by atoms with Crippen molar-refractivity contribution in [2.75, 3.05) is 32.8 Å². The van der Waals surface area contributed by atoms with Gasteiger partial charge in [-0.1, -0.05) is 11.6 Å². The van der Waals surface area contributed by atoms with E-state index >= 15 is 0 Å². The minimum absolute atomic E-state index is 0.296. The molecule has 1 spiro atoms. The van der Waals surface area contributed by atoms with E-state index in [2.05, 4.69) is 16.3 Å². The molecular weight excluding hydrogens is 312 g/mol. The molecule has 3 fully saturated rings. The molecule has 140 valence electrons. The van der Waals surface area contributed by atoms with Gasteiger partial charge in [-0.25, -0.2) is 0 Å². The third-order valence-electron chi connectivity index (χ3n) is 7.14. The van der Waals surface area contributed by atoms with Gasteiger partial charge < -0.3 is 15.0 Å². The third-order valence-corrected chi connectivity index (χ3v) is 7.14. The molecule has 2 aliphatic heterocycles. The van der Waals surface area contributed by atoms with Gasteiger partial charge in [-0.05, 0) is 82.7 Å². The Morgan fingerprint density at radius 2 is 2.04 bits per heavy atom. The molecule has 4 rings (SSSR count). The number of carbonyl (C=O) groups is 1. The minimum atomic E-state index is 0.296. The van der Waals surface area contributed by atoms with Gasteiger partial charge in [0.1, 0.15) is 0 Å². The van der Waals surface area contributed by atoms with E-state index in [4.69, 9.17) is 4.74 Å². The zero-order chi connectivity index (χ0) is 17.1. The van der Waals surface area contributed by atoms with E-state index in [1.54, 1.807) is 5.57 Å². The number of rotatable bonds is 5. The van der Waals surface area contributed by atoms with E-state index in [1.165, 1.54) is 64.5 Å². The molecule has 2 heterocycles. The summed E-state index contributed by atoms with van der Waals surface area (Å²) < 4.78 is 5.49. The number of hydrogen-bond acceptors (Lipinski definition) is 3. The molecule has 1 N–H and O–H groups in total. The van der Waals surface area contributed by atoms with Gasteiger partial charge in [0.15, 0.2) is 0 Å². The van der Waals surface area contributed by atoms with E-state index in [0.29, 0.717) is 17.2 Å². The van der Waals surface area contributed by atoms with Crippen LogP contribution in [0.1, 0.15) is 64.2 Å². The summed E-state index contributed by atoms with van der Waals surface area (Å²) in [4.78, 5) is 15.2. The Morgan fingerprint density at radius 3 is 2.76 bits per heavy atom. The largest absolute Gasteiger partial charge is 0.381 e. The Labute approximate surface area is 152 Å². The van der Waals surface area contributed by atoms with Gasteiger partial charge in [-0.3, -0.25) is 4.79 Å². The van der Waals surface area contributed by atoms with Crippen LogP contribution in [0.4, 0.5) is 0 Å². The first-order chi connectivity index (χ1) is 12.3. The molecule has 4 nitrogen and oxygen atoms in total. The van der Waals surface area contributed by atoms with Crippen LogP contribution in [0.25, 0.3) is 0 Å². The molecule has 0 aromatic heterocycles. The summed E-state index contributed by atoms with van der Waals surface area (Å²) >= 11 is 0. The normalized spacial score (nSPS) is 30.1. The summed E-state index contributed by atoms with van der Waals surface area (Å²) in [6.07, 6.45) is 14.5. The van der Waals surface area contributed by atoms with Crippen molar-refractivity contribution in [3.63, 3.8) is 0 Å². The van der Waals surface area contributed by atoms with Gasteiger partial charge in [-0.2, -0.15) is 0 Å². The molecule has 1 saturated carbocycles. The Balaban J connectivity index is 1.18. The average molecular weight is 347 g/mol. The van der Waals surface area contributed by atoms with Crippen molar-refractivity contribution in [3.05, 3.63) is 11.6 Å². The van der Waals surface area contributed by atoms with Crippen molar-refractivity contribution >= 4 is 5.91 Å². The standard InChI is InChI=1S/C21H34N2O2/c24-20(22-11-6-17-4-2-1-3-5-17)19-16-21(19)9-12-23(13-10-21)18-7-14-25-15-8-18/h4,18-19H,1-3,5-16H2,(H,22,24). The van der Waals surface area contributed by atoms with Crippen LogP contribution in [0.2, 0.25) is 0 Å². The fourth-order valence-electron chi connectivity index (χ4n) is 5.26. The lowest BCUT2D eigenvalue weighted by Gasteiger charge is -2.39. The van der Waals surface area contributed by atoms with Crippen molar-refractivity contribution in [2.45, 2.75) is 70.3 Å². The maximum Gasteiger partial charge on any atom is 0.223 e. The van der Waals surface area contributed by atoms with Gasteiger partial charge in [0.2, 0.25) is 5.91 Å². The van der Waals surface area contributed by atoms with Crippen molar-refractivity contribution < 1.29 is 9.53 Å². The van der Waals surface area contributed by atoms with Crippen molar-refractivity contribution in [2.24, 2.45) is 11.3 Å². The maximum absolute atomic E-state index is 12.5. The number of hydrogen-bond donors (Lipinski definition) is 1. The lowest BCUT2D eigenvalue weighted by molar-refractivity contribution is -0.123. The van der Waals surface area contributed by atoms with Crippen LogP contribution in [0, 0.1) is 11.3 Å². The highest BCUT2D eigenvalue weighted by molar-refractivity contribution is 5.82. The summed E-state index contributed by atoms with van der Waals surface area (Å²) in [6, 6.07) is 0.723. The van der Waals surface area contributed by atoms with E-state index in [0.717, 1.165) is 38.6 Å². The fourth-order valence-corrected chi connectivity index (χ4v) is 5.26. The smallest absolute Gasteiger partial charge is 0.223 e. The molecule has 1 amide bonds. The number of carbonyl (C=O) groups excluding carboxylic acids is 1. The van der Waals surface area contributed by atoms with Gasteiger partial charge in [-0.15, -0.1) is 0 Å².